The first-order chi connectivity index (χ1) is 9.44. The molecule has 0 aliphatic carbocycles. The lowest BCUT2D eigenvalue weighted by Crippen LogP contribution is -2.47. The SMILES string of the molecule is COC(=O)C(CC(C)C)NC(=O)CN(CCO)CCO. The highest BCUT2D eigenvalue weighted by atomic mass is 16.5. The Morgan fingerprint density at radius 1 is 1.20 bits per heavy atom. The molecule has 0 aromatic carbocycles. The number of esters is 1. The molecule has 0 aliphatic heterocycles. The Balaban J connectivity index is 4.45. The summed E-state index contributed by atoms with van der Waals surface area (Å²) in [5.41, 5.74) is 0. The Morgan fingerprint density at radius 3 is 2.15 bits per heavy atom. The Labute approximate surface area is 119 Å². The van der Waals surface area contributed by atoms with E-state index < -0.39 is 12.0 Å². The topological polar surface area (TPSA) is 99.1 Å². The molecule has 0 bridgehead atoms. The van der Waals surface area contributed by atoms with Gasteiger partial charge < -0.3 is 20.3 Å². The molecule has 7 nitrogen and oxygen atoms in total. The van der Waals surface area contributed by atoms with Crippen LogP contribution in [0, 0.1) is 5.92 Å². The molecule has 0 saturated carbocycles. The minimum absolute atomic E-state index is 0.0205. The monoisotopic (exact) mass is 290 g/mol. The smallest absolute Gasteiger partial charge is 0.328 e. The zero-order valence-electron chi connectivity index (χ0n) is 12.5. The number of hydrogen-bond acceptors (Lipinski definition) is 6. The van der Waals surface area contributed by atoms with Gasteiger partial charge in [-0.05, 0) is 12.3 Å². The molecule has 3 N–H and O–H groups in total. The van der Waals surface area contributed by atoms with Crippen molar-refractivity contribution in [2.75, 3.05) is 40.0 Å². The minimum Gasteiger partial charge on any atom is -0.467 e. The summed E-state index contributed by atoms with van der Waals surface area (Å²) in [6.07, 6.45) is 0.498. The molecule has 0 saturated heterocycles. The molecular weight excluding hydrogens is 264 g/mol. The van der Waals surface area contributed by atoms with Gasteiger partial charge in [0.25, 0.3) is 0 Å². The van der Waals surface area contributed by atoms with Crippen LogP contribution >= 0.6 is 0 Å². The molecule has 1 atom stereocenters. The number of nitrogens with one attached hydrogen (secondary N) is 1. The predicted molar refractivity (Wildman–Crippen MR) is 74.0 cm³/mol. The second kappa shape index (κ2) is 10.6. The highest BCUT2D eigenvalue weighted by molar-refractivity contribution is 5.85. The van der Waals surface area contributed by atoms with Crippen molar-refractivity contribution in [3.8, 4) is 0 Å². The van der Waals surface area contributed by atoms with Crippen molar-refractivity contribution in [2.24, 2.45) is 5.92 Å². The van der Waals surface area contributed by atoms with Crippen LogP contribution in [0.1, 0.15) is 20.3 Å². The summed E-state index contributed by atoms with van der Waals surface area (Å²) < 4.78 is 4.67. The largest absolute Gasteiger partial charge is 0.467 e. The van der Waals surface area contributed by atoms with Crippen molar-refractivity contribution in [1.82, 2.24) is 10.2 Å². The molecule has 0 aromatic rings. The van der Waals surface area contributed by atoms with E-state index in [1.807, 2.05) is 13.8 Å². The van der Waals surface area contributed by atoms with E-state index in [9.17, 15) is 9.59 Å². The third-order valence-electron chi connectivity index (χ3n) is 2.73. The van der Waals surface area contributed by atoms with Gasteiger partial charge in [-0.3, -0.25) is 9.69 Å². The summed E-state index contributed by atoms with van der Waals surface area (Å²) in [5, 5.41) is 20.4. The fraction of sp³-hybridized carbons (Fsp3) is 0.846. The van der Waals surface area contributed by atoms with Crippen molar-refractivity contribution in [1.29, 1.82) is 0 Å². The predicted octanol–water partition coefficient (Wildman–Crippen LogP) is -1.02. The number of hydrogen-bond donors (Lipinski definition) is 3. The molecule has 0 aliphatic rings. The van der Waals surface area contributed by atoms with E-state index in [4.69, 9.17) is 10.2 Å². The van der Waals surface area contributed by atoms with Crippen LogP contribution in [0.15, 0.2) is 0 Å². The second-order valence-electron chi connectivity index (χ2n) is 5.00. The van der Waals surface area contributed by atoms with Gasteiger partial charge in [0.1, 0.15) is 6.04 Å². The van der Waals surface area contributed by atoms with Crippen LogP contribution in [0.25, 0.3) is 0 Å². The third-order valence-corrected chi connectivity index (χ3v) is 2.73. The molecule has 0 spiro atoms. The Morgan fingerprint density at radius 2 is 1.75 bits per heavy atom. The number of carbonyl (C=O) groups is 2. The number of rotatable bonds is 10. The van der Waals surface area contributed by atoms with Crippen molar-refractivity contribution in [3.63, 3.8) is 0 Å². The summed E-state index contributed by atoms with van der Waals surface area (Å²) in [4.78, 5) is 25.1. The van der Waals surface area contributed by atoms with Crippen LogP contribution in [0.5, 0.6) is 0 Å². The van der Waals surface area contributed by atoms with E-state index in [0.717, 1.165) is 0 Å². The Kier molecular flexibility index (Phi) is 9.96. The first kappa shape index (κ1) is 18.8. The second-order valence-corrected chi connectivity index (χ2v) is 5.00. The van der Waals surface area contributed by atoms with Crippen LogP contribution in [0.4, 0.5) is 0 Å². The molecule has 118 valence electrons. The average molecular weight is 290 g/mol. The van der Waals surface area contributed by atoms with E-state index in [1.54, 1.807) is 4.90 Å². The lowest BCUT2D eigenvalue weighted by Gasteiger charge is -2.22. The molecule has 0 aromatic heterocycles. The van der Waals surface area contributed by atoms with E-state index >= 15 is 0 Å². The van der Waals surface area contributed by atoms with Gasteiger partial charge in [0.05, 0.1) is 26.9 Å². The quantitative estimate of drug-likeness (QED) is 0.445. The summed E-state index contributed by atoms with van der Waals surface area (Å²) >= 11 is 0. The van der Waals surface area contributed by atoms with Gasteiger partial charge >= 0.3 is 5.97 Å². The number of carbonyl (C=O) groups excluding carboxylic acids is 2. The fourth-order valence-electron chi connectivity index (χ4n) is 1.82. The van der Waals surface area contributed by atoms with Crippen LogP contribution in [-0.2, 0) is 14.3 Å². The van der Waals surface area contributed by atoms with Crippen molar-refractivity contribution >= 4 is 11.9 Å². The van der Waals surface area contributed by atoms with Gasteiger partial charge in [0.2, 0.25) is 5.91 Å². The third kappa shape index (κ3) is 8.08. The zero-order valence-corrected chi connectivity index (χ0v) is 12.5. The maximum absolute atomic E-state index is 11.9. The molecule has 1 unspecified atom stereocenters. The summed E-state index contributed by atoms with van der Waals surface area (Å²) in [5.74, 6) is -0.559. The number of amides is 1. The molecule has 0 radical (unpaired) electrons. The van der Waals surface area contributed by atoms with E-state index in [-0.39, 0.29) is 31.6 Å². The van der Waals surface area contributed by atoms with Gasteiger partial charge in [-0.25, -0.2) is 4.79 Å². The molecule has 0 heterocycles. The molecular formula is C13H26N2O5. The molecule has 0 rings (SSSR count). The van der Waals surface area contributed by atoms with Crippen LogP contribution < -0.4 is 5.32 Å². The maximum atomic E-state index is 11.9. The number of methoxy groups -OCH3 is 1. The van der Waals surface area contributed by atoms with Crippen LogP contribution in [0.2, 0.25) is 0 Å². The first-order valence-electron chi connectivity index (χ1n) is 6.75. The number of aliphatic hydroxyl groups excluding tert-OH is 2. The van der Waals surface area contributed by atoms with Gasteiger partial charge in [-0.1, -0.05) is 13.8 Å². The fourth-order valence-corrected chi connectivity index (χ4v) is 1.82. The summed E-state index contributed by atoms with van der Waals surface area (Å²) in [7, 11) is 1.28. The number of nitrogens with zero attached hydrogens (tertiary/aromatic N) is 1. The highest BCUT2D eigenvalue weighted by Crippen LogP contribution is 2.06. The van der Waals surface area contributed by atoms with Crippen LogP contribution in [-0.4, -0.2) is 73.0 Å². The molecule has 0 fully saturated rings. The first-order valence-corrected chi connectivity index (χ1v) is 6.75. The molecule has 7 heteroatoms. The van der Waals surface area contributed by atoms with Crippen molar-refractivity contribution < 1.29 is 24.5 Å². The summed E-state index contributed by atoms with van der Waals surface area (Å²) in [6, 6.07) is -0.669. The van der Waals surface area contributed by atoms with Crippen molar-refractivity contribution in [2.45, 2.75) is 26.3 Å². The van der Waals surface area contributed by atoms with Crippen molar-refractivity contribution in [3.05, 3.63) is 0 Å². The highest BCUT2D eigenvalue weighted by Gasteiger charge is 2.23. The molecule has 20 heavy (non-hydrogen) atoms. The lowest BCUT2D eigenvalue weighted by atomic mass is 10.0. The standard InChI is InChI=1S/C13H26N2O5/c1-10(2)8-11(13(19)20-3)14-12(18)9-15(4-6-16)5-7-17/h10-11,16-17H,4-9H2,1-3H3,(H,14,18). The average Bonchev–Trinajstić information content (AvgIpc) is 2.37. The van der Waals surface area contributed by atoms with E-state index in [0.29, 0.717) is 19.5 Å². The van der Waals surface area contributed by atoms with Crippen LogP contribution in [0.3, 0.4) is 0 Å². The lowest BCUT2D eigenvalue weighted by molar-refractivity contribution is -0.145. The van der Waals surface area contributed by atoms with Gasteiger partial charge in [-0.15, -0.1) is 0 Å². The maximum Gasteiger partial charge on any atom is 0.328 e. The van der Waals surface area contributed by atoms with Gasteiger partial charge in [0, 0.05) is 13.1 Å². The number of ether oxygens (including phenoxy) is 1. The number of aliphatic hydroxyl groups is 2. The van der Waals surface area contributed by atoms with Gasteiger partial charge in [0.15, 0.2) is 0 Å². The Bertz CT molecular complexity index is 290. The van der Waals surface area contributed by atoms with E-state index in [1.165, 1.54) is 7.11 Å². The Hall–Kier alpha value is -1.18. The minimum atomic E-state index is -0.669. The van der Waals surface area contributed by atoms with Gasteiger partial charge in [-0.2, -0.15) is 0 Å². The van der Waals surface area contributed by atoms with E-state index in [2.05, 4.69) is 10.1 Å². The zero-order chi connectivity index (χ0) is 15.5. The summed E-state index contributed by atoms with van der Waals surface area (Å²) in [6.45, 7) is 4.31. The molecule has 1 amide bonds. The normalized spacial score (nSPS) is 12.6.